The number of hydrogen-bond donors (Lipinski definition) is 2. The van der Waals surface area contributed by atoms with Crippen LogP contribution in [0, 0.1) is 17.3 Å². The van der Waals surface area contributed by atoms with E-state index in [1.165, 1.54) is 32.1 Å². The third-order valence-electron chi connectivity index (χ3n) is 5.86. The third-order valence-corrected chi connectivity index (χ3v) is 5.86. The van der Waals surface area contributed by atoms with E-state index in [1.54, 1.807) is 25.7 Å². The van der Waals surface area contributed by atoms with E-state index < -0.39 is 11.9 Å². The lowest BCUT2D eigenvalue weighted by Gasteiger charge is -2.27. The molecule has 1 unspecified atom stereocenters. The average Bonchev–Trinajstić information content (AvgIpc) is 3.15. The van der Waals surface area contributed by atoms with Crippen LogP contribution in [0.1, 0.15) is 84.5 Å². The lowest BCUT2D eigenvalue weighted by molar-refractivity contribution is -0.143. The van der Waals surface area contributed by atoms with Gasteiger partial charge in [0.25, 0.3) is 0 Å². The van der Waals surface area contributed by atoms with E-state index >= 15 is 0 Å². The number of carboxylic acid groups (broad SMARTS) is 2. The summed E-state index contributed by atoms with van der Waals surface area (Å²) in [5.74, 6) is 0.0761. The maximum absolute atomic E-state index is 9.64. The molecular formula is C18H32O4. The Hall–Kier alpha value is -1.06. The van der Waals surface area contributed by atoms with Crippen molar-refractivity contribution in [3.63, 3.8) is 0 Å². The molecule has 0 aromatic heterocycles. The van der Waals surface area contributed by atoms with Gasteiger partial charge in [-0.25, -0.2) is 0 Å². The summed E-state index contributed by atoms with van der Waals surface area (Å²) in [4.78, 5) is 19.3. The second-order valence-electron chi connectivity index (χ2n) is 7.04. The van der Waals surface area contributed by atoms with Gasteiger partial charge < -0.3 is 10.2 Å². The number of rotatable bonds is 6. The molecule has 1 atom stereocenters. The second-order valence-corrected chi connectivity index (χ2v) is 7.04. The van der Waals surface area contributed by atoms with E-state index in [0.29, 0.717) is 0 Å². The topological polar surface area (TPSA) is 74.6 Å². The minimum atomic E-state index is -1.08. The zero-order valence-electron chi connectivity index (χ0n) is 14.1. The Morgan fingerprint density at radius 2 is 1.41 bits per heavy atom. The molecule has 0 aromatic rings. The van der Waals surface area contributed by atoms with Gasteiger partial charge >= 0.3 is 11.9 Å². The summed E-state index contributed by atoms with van der Waals surface area (Å²) in [5, 5.41) is 15.8. The van der Waals surface area contributed by atoms with Crippen LogP contribution in [-0.4, -0.2) is 22.2 Å². The zero-order chi connectivity index (χ0) is 16.6. The number of hydrogen-bond acceptors (Lipinski definition) is 2. The molecule has 2 aliphatic carbocycles. The van der Waals surface area contributed by atoms with Gasteiger partial charge in [-0.2, -0.15) is 0 Å². The molecule has 2 saturated carbocycles. The predicted octanol–water partition coefficient (Wildman–Crippen LogP) is 4.72. The van der Waals surface area contributed by atoms with Crippen LogP contribution in [0.25, 0.3) is 0 Å². The quantitative estimate of drug-likeness (QED) is 0.744. The van der Waals surface area contributed by atoms with Crippen LogP contribution in [0.3, 0.4) is 0 Å². The smallest absolute Gasteiger partial charge is 0.303 e. The predicted molar refractivity (Wildman–Crippen MR) is 86.8 cm³/mol. The van der Waals surface area contributed by atoms with Crippen LogP contribution in [0.4, 0.5) is 0 Å². The molecule has 0 bridgehead atoms. The standard InChI is InChI=1S/C14H26.C4H6O4/c1-3-14(4-2)10-9-13(11-14)12-7-5-6-8-12;5-3(6)1-2-4(7)8/h12-13H,3-11H2,1-2H3;1-2H2,(H,5,6)(H,7,8). The largest absolute Gasteiger partial charge is 0.481 e. The Labute approximate surface area is 134 Å². The first-order valence-electron chi connectivity index (χ1n) is 8.86. The third kappa shape index (κ3) is 5.98. The van der Waals surface area contributed by atoms with Gasteiger partial charge in [0.15, 0.2) is 0 Å². The van der Waals surface area contributed by atoms with Gasteiger partial charge in [-0.3, -0.25) is 9.59 Å². The summed E-state index contributed by atoms with van der Waals surface area (Å²) >= 11 is 0. The lowest BCUT2D eigenvalue weighted by atomic mass is 9.78. The van der Waals surface area contributed by atoms with Crippen molar-refractivity contribution in [2.24, 2.45) is 17.3 Å². The maximum Gasteiger partial charge on any atom is 0.303 e. The van der Waals surface area contributed by atoms with E-state index in [2.05, 4.69) is 13.8 Å². The van der Waals surface area contributed by atoms with Crippen LogP contribution in [-0.2, 0) is 9.59 Å². The summed E-state index contributed by atoms with van der Waals surface area (Å²) < 4.78 is 0. The normalized spacial score (nSPS) is 23.8. The van der Waals surface area contributed by atoms with Crippen molar-refractivity contribution in [3.8, 4) is 0 Å². The number of carbonyl (C=O) groups is 2. The minimum Gasteiger partial charge on any atom is -0.481 e. The molecule has 4 nitrogen and oxygen atoms in total. The van der Waals surface area contributed by atoms with E-state index in [4.69, 9.17) is 10.2 Å². The van der Waals surface area contributed by atoms with Crippen molar-refractivity contribution >= 4 is 11.9 Å². The highest BCUT2D eigenvalue weighted by molar-refractivity contribution is 5.75. The van der Waals surface area contributed by atoms with Crippen LogP contribution < -0.4 is 0 Å². The van der Waals surface area contributed by atoms with Crippen molar-refractivity contribution in [1.29, 1.82) is 0 Å². The second kappa shape index (κ2) is 9.16. The van der Waals surface area contributed by atoms with Crippen LogP contribution in [0.15, 0.2) is 0 Å². The van der Waals surface area contributed by atoms with Gasteiger partial charge in [-0.1, -0.05) is 52.4 Å². The first kappa shape index (κ1) is 19.0. The Kier molecular flexibility index (Phi) is 7.91. The molecule has 0 saturated heterocycles. The molecule has 0 aliphatic heterocycles. The molecule has 0 aromatic carbocycles. The first-order chi connectivity index (χ1) is 10.4. The zero-order valence-corrected chi connectivity index (χ0v) is 14.1. The highest BCUT2D eigenvalue weighted by atomic mass is 16.4. The molecule has 2 rings (SSSR count). The van der Waals surface area contributed by atoms with E-state index in [0.717, 1.165) is 17.3 Å². The Bertz CT molecular complexity index is 340. The van der Waals surface area contributed by atoms with E-state index in [-0.39, 0.29) is 12.8 Å². The molecule has 0 spiro atoms. The lowest BCUT2D eigenvalue weighted by Crippen LogP contribution is -2.16. The molecule has 2 aliphatic rings. The van der Waals surface area contributed by atoms with Crippen molar-refractivity contribution in [2.45, 2.75) is 84.5 Å². The van der Waals surface area contributed by atoms with Crippen LogP contribution >= 0.6 is 0 Å². The molecule has 0 amide bonds. The van der Waals surface area contributed by atoms with Gasteiger partial charge in [0.1, 0.15) is 0 Å². The minimum absolute atomic E-state index is 0.296. The Morgan fingerprint density at radius 1 is 0.909 bits per heavy atom. The maximum atomic E-state index is 9.64. The fourth-order valence-corrected chi connectivity index (χ4v) is 4.19. The summed E-state index contributed by atoms with van der Waals surface area (Å²) in [6.45, 7) is 4.81. The molecule has 22 heavy (non-hydrogen) atoms. The van der Waals surface area contributed by atoms with Crippen molar-refractivity contribution in [1.82, 2.24) is 0 Å². The van der Waals surface area contributed by atoms with Crippen molar-refractivity contribution in [2.75, 3.05) is 0 Å². The van der Waals surface area contributed by atoms with E-state index in [1.807, 2.05) is 0 Å². The fraction of sp³-hybridized carbons (Fsp3) is 0.889. The molecule has 2 fully saturated rings. The molecule has 0 heterocycles. The summed E-state index contributed by atoms with van der Waals surface area (Å²) in [6.07, 6.45) is 13.0. The molecule has 0 radical (unpaired) electrons. The van der Waals surface area contributed by atoms with Crippen LogP contribution in [0.2, 0.25) is 0 Å². The summed E-state index contributed by atoms with van der Waals surface area (Å²) in [5.41, 5.74) is 0.757. The Morgan fingerprint density at radius 3 is 1.77 bits per heavy atom. The fourth-order valence-electron chi connectivity index (χ4n) is 4.19. The SMILES string of the molecule is CCC1(CC)CCC(C2CCCC2)C1.O=C(O)CCC(=O)O. The van der Waals surface area contributed by atoms with Gasteiger partial charge in [0.05, 0.1) is 12.8 Å². The monoisotopic (exact) mass is 312 g/mol. The highest BCUT2D eigenvalue weighted by Crippen LogP contribution is 2.51. The first-order valence-corrected chi connectivity index (χ1v) is 8.86. The van der Waals surface area contributed by atoms with Gasteiger partial charge in [-0.05, 0) is 36.5 Å². The molecule has 128 valence electrons. The summed E-state index contributed by atoms with van der Waals surface area (Å²) in [6, 6.07) is 0. The van der Waals surface area contributed by atoms with Crippen molar-refractivity contribution in [3.05, 3.63) is 0 Å². The number of aliphatic carboxylic acids is 2. The van der Waals surface area contributed by atoms with Crippen molar-refractivity contribution < 1.29 is 19.8 Å². The molecular weight excluding hydrogens is 280 g/mol. The van der Waals surface area contributed by atoms with Crippen LogP contribution in [0.5, 0.6) is 0 Å². The van der Waals surface area contributed by atoms with Gasteiger partial charge in [0, 0.05) is 0 Å². The molecule has 2 N–H and O–H groups in total. The van der Waals surface area contributed by atoms with Gasteiger partial charge in [0.2, 0.25) is 0 Å². The number of carboxylic acids is 2. The van der Waals surface area contributed by atoms with E-state index in [9.17, 15) is 9.59 Å². The Balaban J connectivity index is 0.000000261. The highest BCUT2D eigenvalue weighted by Gasteiger charge is 2.39. The molecule has 4 heteroatoms. The van der Waals surface area contributed by atoms with Gasteiger partial charge in [-0.15, -0.1) is 0 Å². The average molecular weight is 312 g/mol. The summed E-state index contributed by atoms with van der Waals surface area (Å²) in [7, 11) is 0.